The van der Waals surface area contributed by atoms with Crippen LogP contribution in [0.3, 0.4) is 0 Å². The van der Waals surface area contributed by atoms with E-state index in [1.54, 1.807) is 4.68 Å². The zero-order valence-electron chi connectivity index (χ0n) is 8.74. The van der Waals surface area contributed by atoms with Crippen molar-refractivity contribution in [1.82, 2.24) is 20.3 Å². The van der Waals surface area contributed by atoms with Gasteiger partial charge in [-0.15, -0.1) is 5.10 Å². The number of hydrogen-bond donors (Lipinski definition) is 1. The standard InChI is InChI=1S/C10H18N4/c1-14-8-10(12-13-14)4-2-3-7-11-9-5-6-9/h8-9,11H,2-7H2,1H3. The fraction of sp³-hybridized carbons (Fsp3) is 0.800. The molecule has 0 bridgehead atoms. The molecule has 1 heterocycles. The van der Waals surface area contributed by atoms with E-state index >= 15 is 0 Å². The van der Waals surface area contributed by atoms with E-state index in [4.69, 9.17) is 0 Å². The van der Waals surface area contributed by atoms with Gasteiger partial charge < -0.3 is 5.32 Å². The fourth-order valence-corrected chi connectivity index (χ4v) is 1.53. The van der Waals surface area contributed by atoms with Crippen LogP contribution < -0.4 is 5.32 Å². The zero-order valence-corrected chi connectivity index (χ0v) is 8.74. The molecule has 0 unspecified atom stereocenters. The van der Waals surface area contributed by atoms with E-state index < -0.39 is 0 Å². The highest BCUT2D eigenvalue weighted by Crippen LogP contribution is 2.18. The third kappa shape index (κ3) is 3.10. The lowest BCUT2D eigenvalue weighted by Crippen LogP contribution is -2.17. The molecule has 0 atom stereocenters. The van der Waals surface area contributed by atoms with Gasteiger partial charge in [-0.1, -0.05) is 5.21 Å². The number of nitrogens with one attached hydrogen (secondary N) is 1. The highest BCUT2D eigenvalue weighted by molar-refractivity contribution is 4.91. The summed E-state index contributed by atoms with van der Waals surface area (Å²) in [7, 11) is 1.91. The summed E-state index contributed by atoms with van der Waals surface area (Å²) in [6, 6.07) is 0.839. The molecule has 1 aliphatic rings. The van der Waals surface area contributed by atoms with Gasteiger partial charge in [-0.25, -0.2) is 0 Å². The lowest BCUT2D eigenvalue weighted by atomic mass is 10.2. The van der Waals surface area contributed by atoms with E-state index in [0.717, 1.165) is 24.7 Å². The molecule has 0 aliphatic heterocycles. The van der Waals surface area contributed by atoms with Crippen molar-refractivity contribution in [3.8, 4) is 0 Å². The Labute approximate surface area is 84.7 Å². The molecular weight excluding hydrogens is 176 g/mol. The maximum absolute atomic E-state index is 4.05. The van der Waals surface area contributed by atoms with Gasteiger partial charge in [0.15, 0.2) is 0 Å². The lowest BCUT2D eigenvalue weighted by molar-refractivity contribution is 0.616. The molecule has 1 aromatic rings. The molecule has 1 aliphatic carbocycles. The molecule has 0 aromatic carbocycles. The summed E-state index contributed by atoms with van der Waals surface area (Å²) >= 11 is 0. The predicted molar refractivity (Wildman–Crippen MR) is 55.0 cm³/mol. The molecule has 4 heteroatoms. The Morgan fingerprint density at radius 2 is 2.36 bits per heavy atom. The predicted octanol–water partition coefficient (Wildman–Crippen LogP) is 0.890. The Balaban J connectivity index is 1.53. The van der Waals surface area contributed by atoms with Crippen LogP contribution in [0.4, 0.5) is 0 Å². The van der Waals surface area contributed by atoms with E-state index in [1.165, 1.54) is 25.7 Å². The molecule has 0 saturated heterocycles. The van der Waals surface area contributed by atoms with E-state index in [9.17, 15) is 0 Å². The van der Waals surface area contributed by atoms with Gasteiger partial charge in [0.25, 0.3) is 0 Å². The molecule has 1 fully saturated rings. The summed E-state index contributed by atoms with van der Waals surface area (Å²) in [5.74, 6) is 0. The van der Waals surface area contributed by atoms with Crippen LogP contribution in [0.2, 0.25) is 0 Å². The third-order valence-electron chi connectivity index (χ3n) is 2.52. The Bertz CT molecular complexity index is 277. The maximum Gasteiger partial charge on any atom is 0.0827 e. The monoisotopic (exact) mass is 194 g/mol. The number of unbranched alkanes of at least 4 members (excludes halogenated alkanes) is 1. The van der Waals surface area contributed by atoms with Gasteiger partial charge >= 0.3 is 0 Å². The van der Waals surface area contributed by atoms with Gasteiger partial charge in [-0.3, -0.25) is 4.68 Å². The molecular formula is C10H18N4. The second kappa shape index (κ2) is 4.55. The minimum atomic E-state index is 0.839. The minimum absolute atomic E-state index is 0.839. The SMILES string of the molecule is Cn1cc(CCCCNC2CC2)nn1. The molecule has 4 nitrogen and oxygen atoms in total. The van der Waals surface area contributed by atoms with Crippen LogP contribution in [-0.2, 0) is 13.5 Å². The van der Waals surface area contributed by atoms with Crippen LogP contribution in [0.5, 0.6) is 0 Å². The van der Waals surface area contributed by atoms with Crippen molar-refractivity contribution in [2.75, 3.05) is 6.54 Å². The Morgan fingerprint density at radius 3 is 3.00 bits per heavy atom. The van der Waals surface area contributed by atoms with Crippen molar-refractivity contribution >= 4 is 0 Å². The summed E-state index contributed by atoms with van der Waals surface area (Å²) in [6.45, 7) is 1.16. The molecule has 0 spiro atoms. The van der Waals surface area contributed by atoms with Crippen LogP contribution in [0.25, 0.3) is 0 Å². The van der Waals surface area contributed by atoms with Crippen molar-refractivity contribution in [3.05, 3.63) is 11.9 Å². The average molecular weight is 194 g/mol. The van der Waals surface area contributed by atoms with Crippen molar-refractivity contribution in [2.24, 2.45) is 7.05 Å². The molecule has 2 rings (SSSR count). The van der Waals surface area contributed by atoms with Crippen LogP contribution in [0.15, 0.2) is 6.20 Å². The highest BCUT2D eigenvalue weighted by atomic mass is 15.4. The molecule has 1 aromatic heterocycles. The number of aromatic nitrogens is 3. The van der Waals surface area contributed by atoms with Crippen LogP contribution in [0, 0.1) is 0 Å². The first-order chi connectivity index (χ1) is 6.84. The van der Waals surface area contributed by atoms with Crippen molar-refractivity contribution in [1.29, 1.82) is 0 Å². The Hall–Kier alpha value is -0.900. The summed E-state index contributed by atoms with van der Waals surface area (Å²) < 4.78 is 1.76. The second-order valence-electron chi connectivity index (χ2n) is 4.07. The quantitative estimate of drug-likeness (QED) is 0.684. The largest absolute Gasteiger partial charge is 0.314 e. The van der Waals surface area contributed by atoms with Crippen LogP contribution in [-0.4, -0.2) is 27.6 Å². The smallest absolute Gasteiger partial charge is 0.0827 e. The third-order valence-corrected chi connectivity index (χ3v) is 2.52. The molecule has 78 valence electrons. The first kappa shape index (κ1) is 9.65. The lowest BCUT2D eigenvalue weighted by Gasteiger charge is -2.00. The van der Waals surface area contributed by atoms with Gasteiger partial charge in [0.05, 0.1) is 5.69 Å². The Kier molecular flexibility index (Phi) is 3.14. The molecule has 0 amide bonds. The summed E-state index contributed by atoms with van der Waals surface area (Å²) in [6.07, 6.45) is 8.26. The van der Waals surface area contributed by atoms with Crippen molar-refractivity contribution in [2.45, 2.75) is 38.1 Å². The molecule has 14 heavy (non-hydrogen) atoms. The normalized spacial score (nSPS) is 16.1. The average Bonchev–Trinajstić information content (AvgIpc) is 2.89. The van der Waals surface area contributed by atoms with Gasteiger partial charge in [0.2, 0.25) is 0 Å². The van der Waals surface area contributed by atoms with Gasteiger partial charge in [0, 0.05) is 19.3 Å². The van der Waals surface area contributed by atoms with Crippen molar-refractivity contribution < 1.29 is 0 Å². The van der Waals surface area contributed by atoms with Crippen molar-refractivity contribution in [3.63, 3.8) is 0 Å². The first-order valence-electron chi connectivity index (χ1n) is 5.43. The summed E-state index contributed by atoms with van der Waals surface area (Å²) in [4.78, 5) is 0. The number of rotatable bonds is 6. The molecule has 1 N–H and O–H groups in total. The molecule has 1 saturated carbocycles. The van der Waals surface area contributed by atoms with E-state index in [2.05, 4.69) is 15.6 Å². The second-order valence-corrected chi connectivity index (χ2v) is 4.07. The zero-order chi connectivity index (χ0) is 9.80. The topological polar surface area (TPSA) is 42.7 Å². The maximum atomic E-state index is 4.05. The minimum Gasteiger partial charge on any atom is -0.314 e. The van der Waals surface area contributed by atoms with Gasteiger partial charge in [-0.2, -0.15) is 0 Å². The van der Waals surface area contributed by atoms with E-state index in [1.807, 2.05) is 13.2 Å². The highest BCUT2D eigenvalue weighted by Gasteiger charge is 2.19. The summed E-state index contributed by atoms with van der Waals surface area (Å²) in [5, 5.41) is 11.5. The van der Waals surface area contributed by atoms with Gasteiger partial charge in [-0.05, 0) is 38.6 Å². The number of hydrogen-bond acceptors (Lipinski definition) is 3. The van der Waals surface area contributed by atoms with Crippen LogP contribution >= 0.6 is 0 Å². The molecule has 0 radical (unpaired) electrons. The number of aryl methyl sites for hydroxylation is 2. The van der Waals surface area contributed by atoms with Gasteiger partial charge in [0.1, 0.15) is 0 Å². The first-order valence-corrected chi connectivity index (χ1v) is 5.43. The van der Waals surface area contributed by atoms with E-state index in [0.29, 0.717) is 0 Å². The fourth-order valence-electron chi connectivity index (χ4n) is 1.53. The number of nitrogens with zero attached hydrogens (tertiary/aromatic N) is 3. The van der Waals surface area contributed by atoms with Crippen LogP contribution in [0.1, 0.15) is 31.4 Å². The Morgan fingerprint density at radius 1 is 1.50 bits per heavy atom. The van der Waals surface area contributed by atoms with E-state index in [-0.39, 0.29) is 0 Å². The summed E-state index contributed by atoms with van der Waals surface area (Å²) in [5.41, 5.74) is 1.11.